The zero-order valence-electron chi connectivity index (χ0n) is 13.6. The van der Waals surface area contributed by atoms with Gasteiger partial charge in [0.05, 0.1) is 0 Å². The zero-order chi connectivity index (χ0) is 17.6. The van der Waals surface area contributed by atoms with Gasteiger partial charge in [0.1, 0.15) is 0 Å². The van der Waals surface area contributed by atoms with Gasteiger partial charge in [-0.15, -0.1) is 34.8 Å². The van der Waals surface area contributed by atoms with Crippen molar-refractivity contribution in [3.8, 4) is 0 Å². The first-order valence-corrected chi connectivity index (χ1v) is 9.60. The summed E-state index contributed by atoms with van der Waals surface area (Å²) in [5.74, 6) is 1.53. The van der Waals surface area contributed by atoms with Crippen LogP contribution in [0.25, 0.3) is 0 Å². The third-order valence-corrected chi connectivity index (χ3v) is 4.97. The van der Waals surface area contributed by atoms with E-state index in [4.69, 9.17) is 34.8 Å². The first-order chi connectivity index (χ1) is 12.2. The monoisotopic (exact) mass is 389 g/mol. The van der Waals surface area contributed by atoms with Crippen molar-refractivity contribution in [3.05, 3.63) is 89.5 Å². The normalized spacial score (nSPS) is 10.7. The molecule has 0 radical (unpaired) electrons. The van der Waals surface area contributed by atoms with Crippen molar-refractivity contribution < 1.29 is 0 Å². The first kappa shape index (κ1) is 18.1. The van der Waals surface area contributed by atoms with Crippen LogP contribution in [0.2, 0.25) is 0 Å². The second kappa shape index (κ2) is 8.62. The maximum absolute atomic E-state index is 5.92. The van der Waals surface area contributed by atoms with Crippen molar-refractivity contribution >= 4 is 51.9 Å². The smallest absolute Gasteiger partial charge is 0.0474 e. The highest BCUT2D eigenvalue weighted by Crippen LogP contribution is 2.35. The van der Waals surface area contributed by atoms with Crippen molar-refractivity contribution in [2.24, 2.45) is 0 Å². The Bertz CT molecular complexity index is 683. The molecule has 128 valence electrons. The fourth-order valence-corrected chi connectivity index (χ4v) is 3.18. The molecule has 0 saturated heterocycles. The molecular weight excluding hydrogens is 373 g/mol. The van der Waals surface area contributed by atoms with Gasteiger partial charge in [-0.25, -0.2) is 0 Å². The lowest BCUT2D eigenvalue weighted by atomic mass is 10.1. The molecule has 0 aromatic heterocycles. The number of halogens is 3. The molecule has 0 fully saturated rings. The molecule has 0 aliphatic rings. The summed E-state index contributed by atoms with van der Waals surface area (Å²) in [4.78, 5) is 2.20. The molecule has 3 aromatic carbocycles. The second-order valence-electron chi connectivity index (χ2n) is 5.74. The van der Waals surface area contributed by atoms with Crippen LogP contribution in [0.5, 0.6) is 0 Å². The predicted octanol–water partition coefficient (Wildman–Crippen LogP) is 7.37. The molecule has 0 spiro atoms. The van der Waals surface area contributed by atoms with Gasteiger partial charge in [0.25, 0.3) is 0 Å². The number of hydrogen-bond donors (Lipinski definition) is 0. The van der Waals surface area contributed by atoms with Crippen LogP contribution >= 0.6 is 34.8 Å². The second-order valence-corrected chi connectivity index (χ2v) is 6.54. The average Bonchev–Trinajstić information content (AvgIpc) is 2.70. The van der Waals surface area contributed by atoms with Crippen LogP contribution in [0.15, 0.2) is 72.8 Å². The fourth-order valence-electron chi connectivity index (χ4n) is 2.65. The fraction of sp³-hybridized carbons (Fsp3) is 0.143. The van der Waals surface area contributed by atoms with E-state index in [1.807, 2.05) is 0 Å². The Labute approximate surface area is 163 Å². The molecule has 3 rings (SSSR count). The van der Waals surface area contributed by atoms with Crippen LogP contribution in [-0.4, -0.2) is 0 Å². The summed E-state index contributed by atoms with van der Waals surface area (Å²) < 4.78 is 0. The zero-order valence-corrected chi connectivity index (χ0v) is 15.9. The lowest BCUT2D eigenvalue weighted by Gasteiger charge is -2.26. The number of benzene rings is 3. The van der Waals surface area contributed by atoms with Crippen molar-refractivity contribution in [3.63, 3.8) is 0 Å². The molecule has 4 heteroatoms. The van der Waals surface area contributed by atoms with Gasteiger partial charge in [-0.3, -0.25) is 0 Å². The highest BCUT2D eigenvalue weighted by atomic mass is 35.5. The van der Waals surface area contributed by atoms with E-state index in [0.717, 1.165) is 33.8 Å². The van der Waals surface area contributed by atoms with Gasteiger partial charge in [-0.1, -0.05) is 36.4 Å². The van der Waals surface area contributed by atoms with Crippen molar-refractivity contribution in [2.75, 3.05) is 4.90 Å². The van der Waals surface area contributed by atoms with E-state index in [9.17, 15) is 0 Å². The Kier molecular flexibility index (Phi) is 6.25. The molecule has 0 N–H and O–H groups in total. The van der Waals surface area contributed by atoms with Gasteiger partial charge in [0.15, 0.2) is 0 Å². The molecule has 3 aromatic rings. The highest BCUT2D eigenvalue weighted by Gasteiger charge is 2.12. The number of nitrogens with zero attached hydrogens (tertiary/aromatic N) is 1. The van der Waals surface area contributed by atoms with Crippen LogP contribution in [-0.2, 0) is 17.6 Å². The minimum absolute atomic E-state index is 0.509. The summed E-state index contributed by atoms with van der Waals surface area (Å²) in [6.45, 7) is 0. The lowest BCUT2D eigenvalue weighted by molar-refractivity contribution is 1.25. The largest absolute Gasteiger partial charge is 0.311 e. The molecular formula is C21H18Cl3N. The van der Waals surface area contributed by atoms with Crippen LogP contribution in [0.1, 0.15) is 16.7 Å². The Balaban J connectivity index is 2.04. The van der Waals surface area contributed by atoms with Crippen molar-refractivity contribution in [1.29, 1.82) is 0 Å². The highest BCUT2D eigenvalue weighted by molar-refractivity contribution is 6.17. The first-order valence-electron chi connectivity index (χ1n) is 8.00. The molecule has 0 atom stereocenters. The molecule has 0 unspecified atom stereocenters. The van der Waals surface area contributed by atoms with E-state index in [-0.39, 0.29) is 0 Å². The van der Waals surface area contributed by atoms with E-state index in [0.29, 0.717) is 17.6 Å². The summed E-state index contributed by atoms with van der Waals surface area (Å²) in [5, 5.41) is 0. The van der Waals surface area contributed by atoms with E-state index < -0.39 is 0 Å². The van der Waals surface area contributed by atoms with Crippen molar-refractivity contribution in [2.45, 2.75) is 17.6 Å². The Hall–Kier alpha value is -1.67. The van der Waals surface area contributed by atoms with Gasteiger partial charge in [-0.05, 0) is 53.1 Å². The molecule has 1 nitrogen and oxygen atoms in total. The summed E-state index contributed by atoms with van der Waals surface area (Å²) in [6.07, 6.45) is 0. The standard InChI is InChI=1S/C21H18Cl3N/c22-13-16-1-7-19(8-2-16)25(20-9-3-17(14-23)4-10-20)21-11-5-18(15-24)6-12-21/h1-12H,13-15H2. The third-order valence-electron chi connectivity index (χ3n) is 4.05. The third kappa shape index (κ3) is 4.30. The van der Waals surface area contributed by atoms with Crippen LogP contribution < -0.4 is 4.90 Å². The minimum Gasteiger partial charge on any atom is -0.311 e. The molecule has 0 heterocycles. The summed E-state index contributed by atoms with van der Waals surface area (Å²) >= 11 is 17.8. The van der Waals surface area contributed by atoms with E-state index in [1.165, 1.54) is 0 Å². The summed E-state index contributed by atoms with van der Waals surface area (Å²) in [6, 6.07) is 24.8. The summed E-state index contributed by atoms with van der Waals surface area (Å²) in [5.41, 5.74) is 6.52. The Morgan fingerprint density at radius 1 is 0.440 bits per heavy atom. The lowest BCUT2D eigenvalue weighted by Crippen LogP contribution is -2.10. The van der Waals surface area contributed by atoms with E-state index in [2.05, 4.69) is 77.7 Å². The van der Waals surface area contributed by atoms with Gasteiger partial charge < -0.3 is 4.90 Å². The maximum Gasteiger partial charge on any atom is 0.0474 e. The maximum atomic E-state index is 5.92. The number of hydrogen-bond acceptors (Lipinski definition) is 1. The minimum atomic E-state index is 0.509. The van der Waals surface area contributed by atoms with Gasteiger partial charge in [0, 0.05) is 34.7 Å². The molecule has 25 heavy (non-hydrogen) atoms. The molecule has 0 aliphatic carbocycles. The van der Waals surface area contributed by atoms with Gasteiger partial charge in [0.2, 0.25) is 0 Å². The van der Waals surface area contributed by atoms with Gasteiger partial charge >= 0.3 is 0 Å². The number of alkyl halides is 3. The van der Waals surface area contributed by atoms with Crippen LogP contribution in [0, 0.1) is 0 Å². The molecule has 0 amide bonds. The average molecular weight is 391 g/mol. The quantitative estimate of drug-likeness (QED) is 0.397. The van der Waals surface area contributed by atoms with Crippen LogP contribution in [0.3, 0.4) is 0 Å². The predicted molar refractivity (Wildman–Crippen MR) is 110 cm³/mol. The van der Waals surface area contributed by atoms with Crippen LogP contribution in [0.4, 0.5) is 17.1 Å². The Morgan fingerprint density at radius 3 is 0.880 bits per heavy atom. The summed E-state index contributed by atoms with van der Waals surface area (Å²) in [7, 11) is 0. The SMILES string of the molecule is ClCc1ccc(N(c2ccc(CCl)cc2)c2ccc(CCl)cc2)cc1. The van der Waals surface area contributed by atoms with Crippen molar-refractivity contribution in [1.82, 2.24) is 0 Å². The van der Waals surface area contributed by atoms with Gasteiger partial charge in [-0.2, -0.15) is 0 Å². The molecule has 0 bridgehead atoms. The molecule has 0 saturated carbocycles. The Morgan fingerprint density at radius 2 is 0.680 bits per heavy atom. The number of anilines is 3. The molecule has 0 aliphatic heterocycles. The number of rotatable bonds is 6. The van der Waals surface area contributed by atoms with E-state index >= 15 is 0 Å². The topological polar surface area (TPSA) is 3.24 Å². The van der Waals surface area contributed by atoms with E-state index in [1.54, 1.807) is 0 Å².